The van der Waals surface area contributed by atoms with Crippen LogP contribution in [0.5, 0.6) is 10.9 Å². The molecular formula is C20H15N3O8S2. The van der Waals surface area contributed by atoms with Gasteiger partial charge in [-0.3, -0.25) is 10.0 Å². The SMILES string of the molecule is O=C1OC2C=C(C(=O)N(O)NS(=O)(=O)c3ccc(Oc4nc5ccccc5s4)cc3)CC2O1. The highest BCUT2D eigenvalue weighted by molar-refractivity contribution is 7.89. The summed E-state index contributed by atoms with van der Waals surface area (Å²) in [6.45, 7) is 0. The van der Waals surface area contributed by atoms with Crippen molar-refractivity contribution < 1.29 is 37.4 Å². The van der Waals surface area contributed by atoms with Gasteiger partial charge in [0.15, 0.2) is 12.2 Å². The van der Waals surface area contributed by atoms with E-state index in [2.05, 4.69) is 4.98 Å². The number of nitrogens with one attached hydrogen (secondary N) is 1. The number of carbonyl (C=O) groups excluding carboxylic acids is 2. The molecule has 2 aliphatic rings. The first-order chi connectivity index (χ1) is 15.8. The number of rotatable bonds is 6. The minimum atomic E-state index is -4.28. The van der Waals surface area contributed by atoms with Gasteiger partial charge in [0.2, 0.25) is 0 Å². The summed E-state index contributed by atoms with van der Waals surface area (Å²) >= 11 is 1.35. The quantitative estimate of drug-likeness (QED) is 0.303. The Hall–Kier alpha value is -3.52. The Balaban J connectivity index is 1.24. The molecule has 0 bridgehead atoms. The Kier molecular flexibility index (Phi) is 5.25. The van der Waals surface area contributed by atoms with Gasteiger partial charge >= 0.3 is 6.16 Å². The van der Waals surface area contributed by atoms with Crippen molar-refractivity contribution in [3.8, 4) is 10.9 Å². The minimum absolute atomic E-state index is 0.00811. The summed E-state index contributed by atoms with van der Waals surface area (Å²) in [6.07, 6.45) is -0.964. The lowest BCUT2D eigenvalue weighted by Gasteiger charge is -2.17. The van der Waals surface area contributed by atoms with Gasteiger partial charge in [-0.25, -0.2) is 18.2 Å². The number of ether oxygens (including phenoxy) is 3. The number of hydrazine groups is 1. The molecule has 3 aromatic rings. The molecule has 2 heterocycles. The summed E-state index contributed by atoms with van der Waals surface area (Å²) in [6, 6.07) is 12.9. The molecule has 1 fully saturated rings. The number of fused-ring (bicyclic) bond motifs is 2. The van der Waals surface area contributed by atoms with Gasteiger partial charge in [-0.15, -0.1) is 5.17 Å². The van der Waals surface area contributed by atoms with Crippen molar-refractivity contribution in [2.24, 2.45) is 0 Å². The van der Waals surface area contributed by atoms with Crippen LogP contribution in [0.4, 0.5) is 4.79 Å². The number of hydrogen-bond donors (Lipinski definition) is 2. The van der Waals surface area contributed by atoms with Crippen molar-refractivity contribution >= 4 is 43.6 Å². The predicted molar refractivity (Wildman–Crippen MR) is 113 cm³/mol. The molecule has 0 saturated carbocycles. The standard InChI is InChI=1S/C20H15N3O8S2/c24-18(11-9-15-16(10-11)31-20(25)30-15)23(26)22-33(27,28)13-7-5-12(6-8-13)29-19-21-14-3-1-2-4-17(14)32-19/h1-9,15-16,22,26H,10H2. The number of nitrogens with zero attached hydrogens (tertiary/aromatic N) is 2. The van der Waals surface area contributed by atoms with E-state index in [0.717, 1.165) is 10.2 Å². The van der Waals surface area contributed by atoms with Crippen LogP contribution in [0.25, 0.3) is 10.2 Å². The summed E-state index contributed by atoms with van der Waals surface area (Å²) in [5, 5.41) is 10.3. The van der Waals surface area contributed by atoms with E-state index in [0.29, 0.717) is 10.9 Å². The van der Waals surface area contributed by atoms with Crippen LogP contribution >= 0.6 is 11.3 Å². The summed E-state index contributed by atoms with van der Waals surface area (Å²) in [5.41, 5.74) is 0.835. The molecular weight excluding hydrogens is 474 g/mol. The Bertz CT molecular complexity index is 1350. The molecule has 5 rings (SSSR count). The maximum Gasteiger partial charge on any atom is 0.509 e. The van der Waals surface area contributed by atoms with Crippen LogP contribution < -0.4 is 9.57 Å². The molecule has 2 atom stereocenters. The van der Waals surface area contributed by atoms with Gasteiger partial charge in [0.1, 0.15) is 5.75 Å². The third kappa shape index (κ3) is 4.26. The van der Waals surface area contributed by atoms with Crippen LogP contribution in [0.2, 0.25) is 0 Å². The molecule has 33 heavy (non-hydrogen) atoms. The van der Waals surface area contributed by atoms with Crippen molar-refractivity contribution in [2.45, 2.75) is 23.5 Å². The molecule has 2 unspecified atom stereocenters. The molecule has 1 aliphatic carbocycles. The lowest BCUT2D eigenvalue weighted by atomic mass is 10.2. The zero-order valence-corrected chi connectivity index (χ0v) is 18.2. The lowest BCUT2D eigenvalue weighted by Crippen LogP contribution is -2.44. The normalized spacial score (nSPS) is 19.5. The number of thiazole rings is 1. The van der Waals surface area contributed by atoms with Crippen molar-refractivity contribution in [3.05, 3.63) is 60.2 Å². The lowest BCUT2D eigenvalue weighted by molar-refractivity contribution is -0.167. The first-order valence-electron chi connectivity index (χ1n) is 9.56. The fraction of sp³-hybridized carbons (Fsp3) is 0.150. The fourth-order valence-electron chi connectivity index (χ4n) is 3.37. The number of aromatic nitrogens is 1. The van der Waals surface area contributed by atoms with Crippen LogP contribution in [0.1, 0.15) is 6.42 Å². The molecule has 1 saturated heterocycles. The Morgan fingerprint density at radius 3 is 2.67 bits per heavy atom. The highest BCUT2D eigenvalue weighted by atomic mass is 32.2. The third-order valence-electron chi connectivity index (χ3n) is 4.92. The van der Waals surface area contributed by atoms with Crippen molar-refractivity contribution in [2.75, 3.05) is 0 Å². The van der Waals surface area contributed by atoms with E-state index in [9.17, 15) is 23.2 Å². The van der Waals surface area contributed by atoms with Crippen LogP contribution in [0, 0.1) is 0 Å². The topological polar surface area (TPSA) is 144 Å². The Labute approximate surface area is 190 Å². The molecule has 170 valence electrons. The zero-order chi connectivity index (χ0) is 23.2. The van der Waals surface area contributed by atoms with E-state index in [1.54, 1.807) is 4.83 Å². The van der Waals surface area contributed by atoms with Crippen molar-refractivity contribution in [1.29, 1.82) is 0 Å². The van der Waals surface area contributed by atoms with Gasteiger partial charge in [0.25, 0.3) is 21.1 Å². The molecule has 0 spiro atoms. The number of para-hydroxylation sites is 1. The molecule has 1 aromatic heterocycles. The average Bonchev–Trinajstić information content (AvgIpc) is 3.45. The maximum absolute atomic E-state index is 12.6. The van der Waals surface area contributed by atoms with Crippen LogP contribution in [0.15, 0.2) is 65.1 Å². The van der Waals surface area contributed by atoms with Gasteiger partial charge in [-0.05, 0) is 42.5 Å². The molecule has 11 nitrogen and oxygen atoms in total. The van der Waals surface area contributed by atoms with Gasteiger partial charge in [0.05, 0.1) is 15.1 Å². The van der Waals surface area contributed by atoms with Crippen molar-refractivity contribution in [3.63, 3.8) is 0 Å². The van der Waals surface area contributed by atoms with Gasteiger partial charge < -0.3 is 14.2 Å². The second kappa shape index (κ2) is 8.12. The number of amides is 1. The maximum atomic E-state index is 12.6. The fourth-order valence-corrected chi connectivity index (χ4v) is 5.12. The van der Waals surface area contributed by atoms with E-state index < -0.39 is 34.3 Å². The van der Waals surface area contributed by atoms with E-state index in [1.807, 2.05) is 24.3 Å². The smallest absolute Gasteiger partial charge is 0.431 e. The Morgan fingerprint density at radius 1 is 1.18 bits per heavy atom. The average molecular weight is 489 g/mol. The number of hydroxylamine groups is 1. The van der Waals surface area contributed by atoms with E-state index in [-0.39, 0.29) is 22.1 Å². The van der Waals surface area contributed by atoms with Gasteiger partial charge in [-0.2, -0.15) is 0 Å². The summed E-state index contributed by atoms with van der Waals surface area (Å²) in [4.78, 5) is 29.3. The van der Waals surface area contributed by atoms with Crippen LogP contribution in [-0.4, -0.2) is 48.1 Å². The second-order valence-corrected chi connectivity index (χ2v) is 9.77. The van der Waals surface area contributed by atoms with Crippen LogP contribution in [0.3, 0.4) is 0 Å². The zero-order valence-electron chi connectivity index (χ0n) is 16.6. The number of sulfonamides is 1. The van der Waals surface area contributed by atoms with Gasteiger partial charge in [-0.1, -0.05) is 28.3 Å². The van der Waals surface area contributed by atoms with Crippen molar-refractivity contribution in [1.82, 2.24) is 15.0 Å². The molecule has 13 heteroatoms. The predicted octanol–water partition coefficient (Wildman–Crippen LogP) is 2.73. The number of carbonyl (C=O) groups is 2. The van der Waals surface area contributed by atoms with E-state index in [1.165, 1.54) is 41.7 Å². The summed E-state index contributed by atoms with van der Waals surface area (Å²) in [7, 11) is -4.28. The first kappa shape index (κ1) is 21.3. The van der Waals surface area contributed by atoms with E-state index >= 15 is 0 Å². The monoisotopic (exact) mass is 489 g/mol. The highest BCUT2D eigenvalue weighted by Crippen LogP contribution is 2.32. The summed E-state index contributed by atoms with van der Waals surface area (Å²) < 4.78 is 41.5. The van der Waals surface area contributed by atoms with Gasteiger partial charge in [0, 0.05) is 12.0 Å². The number of benzene rings is 2. The molecule has 1 aliphatic heterocycles. The molecule has 0 radical (unpaired) electrons. The summed E-state index contributed by atoms with van der Waals surface area (Å²) in [5.74, 6) is -0.648. The third-order valence-corrected chi connectivity index (χ3v) is 7.14. The number of hydrogen-bond acceptors (Lipinski definition) is 10. The largest absolute Gasteiger partial charge is 0.509 e. The Morgan fingerprint density at radius 2 is 1.94 bits per heavy atom. The molecule has 1 amide bonds. The first-order valence-corrected chi connectivity index (χ1v) is 11.9. The highest BCUT2D eigenvalue weighted by Gasteiger charge is 2.43. The van der Waals surface area contributed by atoms with E-state index in [4.69, 9.17) is 14.2 Å². The molecule has 2 aromatic carbocycles. The minimum Gasteiger partial charge on any atom is -0.431 e. The second-order valence-electron chi connectivity index (χ2n) is 7.12. The van der Waals surface area contributed by atoms with Crippen LogP contribution in [-0.2, 0) is 24.3 Å². The molecule has 2 N–H and O–H groups in total.